The van der Waals surface area contributed by atoms with Gasteiger partial charge in [-0.2, -0.15) is 0 Å². The summed E-state index contributed by atoms with van der Waals surface area (Å²) in [5.74, 6) is -0.0130. The largest absolute Gasteiger partial charge is 0.382 e. The third kappa shape index (κ3) is 4.43. The smallest absolute Gasteiger partial charge is 0.264 e. The predicted octanol–water partition coefficient (Wildman–Crippen LogP) is 4.12. The first-order chi connectivity index (χ1) is 19.4. The van der Waals surface area contributed by atoms with Crippen LogP contribution < -0.4 is 9.80 Å². The molecule has 0 unspecified atom stereocenters. The lowest BCUT2D eigenvalue weighted by Gasteiger charge is -2.30. The SMILES string of the molecule is C=CCN1C(=O)[C@@]2(O[C@@H](CCn3cc([C@H](O)c4ccccc4)nn3)C[C@H]2C)c2cc(N3CCCCC3=O)ccc21. The lowest BCUT2D eigenvalue weighted by molar-refractivity contribution is -0.145. The summed E-state index contributed by atoms with van der Waals surface area (Å²) in [6.45, 7) is 7.55. The fourth-order valence-corrected chi connectivity index (χ4v) is 6.42. The monoisotopic (exact) mass is 541 g/mol. The molecule has 2 amide bonds. The van der Waals surface area contributed by atoms with Crippen molar-refractivity contribution in [1.29, 1.82) is 0 Å². The molecule has 9 heteroatoms. The minimum absolute atomic E-state index is 0.0583. The van der Waals surface area contributed by atoms with Gasteiger partial charge in [-0.25, -0.2) is 0 Å². The second kappa shape index (κ2) is 10.6. The van der Waals surface area contributed by atoms with Crippen molar-refractivity contribution in [3.8, 4) is 0 Å². The predicted molar refractivity (Wildman–Crippen MR) is 151 cm³/mol. The Balaban J connectivity index is 1.22. The highest BCUT2D eigenvalue weighted by atomic mass is 16.5. The zero-order chi connectivity index (χ0) is 27.9. The zero-order valence-corrected chi connectivity index (χ0v) is 22.8. The van der Waals surface area contributed by atoms with Crippen LogP contribution in [0.4, 0.5) is 11.4 Å². The van der Waals surface area contributed by atoms with Crippen molar-refractivity contribution in [3.63, 3.8) is 0 Å². The molecule has 0 aliphatic carbocycles. The van der Waals surface area contributed by atoms with E-state index in [1.807, 2.05) is 53.4 Å². The number of fused-ring (bicyclic) bond motifs is 2. The van der Waals surface area contributed by atoms with Crippen molar-refractivity contribution < 1.29 is 19.4 Å². The van der Waals surface area contributed by atoms with Crippen molar-refractivity contribution in [1.82, 2.24) is 15.0 Å². The second-order valence-corrected chi connectivity index (χ2v) is 11.0. The van der Waals surface area contributed by atoms with Crippen LogP contribution in [0.25, 0.3) is 0 Å². The van der Waals surface area contributed by atoms with Gasteiger partial charge in [-0.15, -0.1) is 11.7 Å². The van der Waals surface area contributed by atoms with Crippen molar-refractivity contribution in [2.24, 2.45) is 5.92 Å². The summed E-state index contributed by atoms with van der Waals surface area (Å²) in [4.78, 5) is 30.2. The average molecular weight is 542 g/mol. The number of piperidine rings is 1. The maximum absolute atomic E-state index is 14.0. The zero-order valence-electron chi connectivity index (χ0n) is 22.8. The molecule has 4 atom stereocenters. The molecule has 1 spiro atoms. The molecular weight excluding hydrogens is 506 g/mol. The maximum Gasteiger partial charge on any atom is 0.264 e. The highest BCUT2D eigenvalue weighted by Crippen LogP contribution is 2.54. The first-order valence-electron chi connectivity index (χ1n) is 14.1. The van der Waals surface area contributed by atoms with Gasteiger partial charge in [-0.1, -0.05) is 48.5 Å². The average Bonchev–Trinajstić information content (AvgIpc) is 3.65. The van der Waals surface area contributed by atoms with Crippen LogP contribution in [0.2, 0.25) is 0 Å². The van der Waals surface area contributed by atoms with Gasteiger partial charge in [0.05, 0.1) is 18.0 Å². The molecule has 3 aliphatic heterocycles. The third-order valence-corrected chi connectivity index (χ3v) is 8.48. The highest BCUT2D eigenvalue weighted by molar-refractivity contribution is 6.08. The summed E-state index contributed by atoms with van der Waals surface area (Å²) < 4.78 is 8.43. The topological polar surface area (TPSA) is 101 Å². The standard InChI is InChI=1S/C31H35N5O4/c1-3-15-36-27-13-12-23(35-16-8-7-11-28(35)37)19-25(27)31(30(36)39)21(2)18-24(40-31)14-17-34-20-26(32-33-34)29(38)22-9-5-4-6-10-22/h3-6,9-10,12-13,19-21,24,29,38H,1,7-8,11,14-18H2,2H3/t21-,24+,29-,31+/m1/s1. The summed E-state index contributed by atoms with van der Waals surface area (Å²) in [5, 5.41) is 19.1. The number of hydrogen-bond donors (Lipinski definition) is 1. The first-order valence-corrected chi connectivity index (χ1v) is 14.1. The van der Waals surface area contributed by atoms with E-state index in [1.54, 1.807) is 21.9 Å². The molecule has 1 N–H and O–H groups in total. The Hall–Kier alpha value is -3.82. The van der Waals surface area contributed by atoms with E-state index in [0.29, 0.717) is 44.6 Å². The number of aliphatic hydroxyl groups is 1. The lowest BCUT2D eigenvalue weighted by Crippen LogP contribution is -2.44. The summed E-state index contributed by atoms with van der Waals surface area (Å²) >= 11 is 0. The minimum Gasteiger partial charge on any atom is -0.382 e. The Labute approximate surface area is 234 Å². The Kier molecular flexibility index (Phi) is 7.02. The number of rotatable bonds is 8. The van der Waals surface area contributed by atoms with E-state index in [2.05, 4.69) is 23.8 Å². The Morgan fingerprint density at radius 3 is 2.80 bits per heavy atom. The second-order valence-electron chi connectivity index (χ2n) is 11.0. The van der Waals surface area contributed by atoms with Gasteiger partial charge < -0.3 is 19.6 Å². The Morgan fingerprint density at radius 2 is 2.02 bits per heavy atom. The molecule has 6 rings (SSSR count). The van der Waals surface area contributed by atoms with Gasteiger partial charge in [0, 0.05) is 43.2 Å². The molecule has 0 saturated carbocycles. The number of nitrogens with zero attached hydrogens (tertiary/aromatic N) is 5. The minimum atomic E-state index is -1.10. The number of hydrogen-bond acceptors (Lipinski definition) is 6. The van der Waals surface area contributed by atoms with Gasteiger partial charge in [-0.3, -0.25) is 14.3 Å². The van der Waals surface area contributed by atoms with Crippen LogP contribution in [0.1, 0.15) is 62.0 Å². The number of amides is 2. The van der Waals surface area contributed by atoms with E-state index in [0.717, 1.165) is 35.3 Å². The fourth-order valence-electron chi connectivity index (χ4n) is 6.42. The molecule has 1 aromatic heterocycles. The number of anilines is 2. The van der Waals surface area contributed by atoms with Crippen LogP contribution in [0.15, 0.2) is 67.4 Å². The van der Waals surface area contributed by atoms with E-state index >= 15 is 0 Å². The fraction of sp³-hybridized carbons (Fsp3) is 0.419. The van der Waals surface area contributed by atoms with Gasteiger partial charge in [-0.05, 0) is 49.4 Å². The van der Waals surface area contributed by atoms with Gasteiger partial charge in [0.15, 0.2) is 5.60 Å². The van der Waals surface area contributed by atoms with Crippen LogP contribution >= 0.6 is 0 Å². The number of carbonyl (C=O) groups excluding carboxylic acids is 2. The lowest BCUT2D eigenvalue weighted by atomic mass is 9.82. The van der Waals surface area contributed by atoms with Crippen molar-refractivity contribution in [2.75, 3.05) is 22.9 Å². The molecule has 9 nitrogen and oxygen atoms in total. The van der Waals surface area contributed by atoms with Gasteiger partial charge in [0.25, 0.3) is 5.91 Å². The maximum atomic E-state index is 14.0. The number of aromatic nitrogens is 3. The van der Waals surface area contributed by atoms with Crippen LogP contribution in [-0.4, -0.2) is 51.1 Å². The number of benzene rings is 2. The molecule has 3 aliphatic rings. The van der Waals surface area contributed by atoms with E-state index in [9.17, 15) is 14.7 Å². The van der Waals surface area contributed by atoms with Crippen molar-refractivity contribution >= 4 is 23.2 Å². The number of carbonyl (C=O) groups is 2. The van der Waals surface area contributed by atoms with Crippen molar-refractivity contribution in [3.05, 3.63) is 84.2 Å². The number of ether oxygens (including phenoxy) is 1. The van der Waals surface area contributed by atoms with E-state index in [-0.39, 0.29) is 23.8 Å². The number of aliphatic hydroxyl groups excluding tert-OH is 1. The Bertz CT molecular complexity index is 1420. The molecule has 40 heavy (non-hydrogen) atoms. The first kappa shape index (κ1) is 26.4. The van der Waals surface area contributed by atoms with Gasteiger partial charge >= 0.3 is 0 Å². The van der Waals surface area contributed by atoms with Gasteiger partial charge in [0.2, 0.25) is 5.91 Å². The quantitative estimate of drug-likeness (QED) is 0.431. The highest BCUT2D eigenvalue weighted by Gasteiger charge is 2.60. The van der Waals surface area contributed by atoms with E-state index < -0.39 is 11.7 Å². The summed E-state index contributed by atoms with van der Waals surface area (Å²) in [6, 6.07) is 15.3. The summed E-state index contributed by atoms with van der Waals surface area (Å²) in [7, 11) is 0. The summed E-state index contributed by atoms with van der Waals surface area (Å²) in [5.41, 5.74) is 2.62. The van der Waals surface area contributed by atoms with Crippen LogP contribution in [-0.2, 0) is 26.5 Å². The molecule has 3 aromatic rings. The molecule has 2 aromatic carbocycles. The van der Waals surface area contributed by atoms with Crippen LogP contribution in [0, 0.1) is 5.92 Å². The molecule has 2 fully saturated rings. The third-order valence-electron chi connectivity index (χ3n) is 8.48. The summed E-state index contributed by atoms with van der Waals surface area (Å²) in [6.07, 6.45) is 6.27. The van der Waals surface area contributed by atoms with E-state index in [4.69, 9.17) is 4.74 Å². The molecule has 0 bridgehead atoms. The van der Waals surface area contributed by atoms with Crippen LogP contribution in [0.5, 0.6) is 0 Å². The van der Waals surface area contributed by atoms with Crippen LogP contribution in [0.3, 0.4) is 0 Å². The van der Waals surface area contributed by atoms with Crippen molar-refractivity contribution in [2.45, 2.75) is 63.4 Å². The molecular formula is C31H35N5O4. The Morgan fingerprint density at radius 1 is 1.20 bits per heavy atom. The van der Waals surface area contributed by atoms with Gasteiger partial charge in [0.1, 0.15) is 11.8 Å². The molecule has 4 heterocycles. The molecule has 208 valence electrons. The number of aryl methyl sites for hydroxylation is 1. The molecule has 2 saturated heterocycles. The molecule has 0 radical (unpaired) electrons. The van der Waals surface area contributed by atoms with E-state index in [1.165, 1.54) is 0 Å². The normalized spacial score (nSPS) is 25.1.